The molecule has 0 atom stereocenters. The first kappa shape index (κ1) is 12.8. The second-order valence-corrected chi connectivity index (χ2v) is 5.92. The van der Waals surface area contributed by atoms with Crippen molar-refractivity contribution in [2.45, 2.75) is 31.7 Å². The minimum atomic E-state index is -0.330. The number of thiocarbonyl (C=S) groups is 1. The fraction of sp³-hybridized carbons (Fsp3) is 0.417. The molecule has 17 heavy (non-hydrogen) atoms. The summed E-state index contributed by atoms with van der Waals surface area (Å²) in [6.07, 6.45) is 3.33. The molecule has 2 rings (SSSR count). The average molecular weight is 317 g/mol. The van der Waals surface area contributed by atoms with E-state index in [1.54, 1.807) is 12.1 Å². The van der Waals surface area contributed by atoms with E-state index < -0.39 is 0 Å². The topological polar surface area (TPSA) is 38.0 Å². The number of anilines is 1. The molecule has 5 heteroatoms. The Morgan fingerprint density at radius 1 is 1.53 bits per heavy atom. The first-order valence-corrected chi connectivity index (χ1v) is 6.69. The van der Waals surface area contributed by atoms with Gasteiger partial charge in [0, 0.05) is 11.1 Å². The van der Waals surface area contributed by atoms with Gasteiger partial charge < -0.3 is 11.1 Å². The van der Waals surface area contributed by atoms with Gasteiger partial charge in [0.15, 0.2) is 5.82 Å². The molecule has 0 saturated heterocycles. The van der Waals surface area contributed by atoms with Crippen LogP contribution in [0.4, 0.5) is 10.1 Å². The van der Waals surface area contributed by atoms with Crippen molar-refractivity contribution in [3.63, 3.8) is 0 Å². The SMILES string of the molecule is CC1(Nc2ccc(C(N)=S)c(Br)c2F)CCC1. The van der Waals surface area contributed by atoms with E-state index in [0.717, 1.165) is 12.8 Å². The maximum absolute atomic E-state index is 14.1. The van der Waals surface area contributed by atoms with E-state index in [1.165, 1.54) is 6.42 Å². The number of halogens is 2. The molecule has 1 aromatic rings. The number of hydrogen-bond donors (Lipinski definition) is 2. The van der Waals surface area contributed by atoms with Gasteiger partial charge in [0.25, 0.3) is 0 Å². The third-order valence-electron chi connectivity index (χ3n) is 3.24. The number of benzene rings is 1. The second kappa shape index (κ2) is 4.53. The van der Waals surface area contributed by atoms with Crippen molar-refractivity contribution in [1.82, 2.24) is 0 Å². The van der Waals surface area contributed by atoms with Crippen molar-refractivity contribution in [2.75, 3.05) is 5.32 Å². The lowest BCUT2D eigenvalue weighted by Gasteiger charge is -2.40. The van der Waals surface area contributed by atoms with Gasteiger partial charge in [-0.25, -0.2) is 4.39 Å². The Hall–Kier alpha value is -0.680. The van der Waals surface area contributed by atoms with Crippen LogP contribution in [0.25, 0.3) is 0 Å². The molecule has 2 nitrogen and oxygen atoms in total. The smallest absolute Gasteiger partial charge is 0.161 e. The third-order valence-corrected chi connectivity index (χ3v) is 4.24. The van der Waals surface area contributed by atoms with Gasteiger partial charge in [-0.15, -0.1) is 0 Å². The Morgan fingerprint density at radius 3 is 2.65 bits per heavy atom. The quantitative estimate of drug-likeness (QED) is 0.837. The molecular formula is C12H14BrFN2S. The van der Waals surface area contributed by atoms with E-state index >= 15 is 0 Å². The van der Waals surface area contributed by atoms with E-state index in [4.69, 9.17) is 18.0 Å². The summed E-state index contributed by atoms with van der Waals surface area (Å²) in [5, 5.41) is 3.24. The zero-order valence-corrected chi connectivity index (χ0v) is 11.9. The Balaban J connectivity index is 2.30. The van der Waals surface area contributed by atoms with Crippen molar-refractivity contribution < 1.29 is 4.39 Å². The van der Waals surface area contributed by atoms with Crippen LogP contribution in [0.5, 0.6) is 0 Å². The summed E-state index contributed by atoms with van der Waals surface area (Å²) in [6, 6.07) is 3.43. The lowest BCUT2D eigenvalue weighted by Crippen LogP contribution is -2.41. The Bertz CT molecular complexity index is 472. The summed E-state index contributed by atoms with van der Waals surface area (Å²) in [6.45, 7) is 2.10. The molecule has 3 N–H and O–H groups in total. The summed E-state index contributed by atoms with van der Waals surface area (Å²) < 4.78 is 14.4. The van der Waals surface area contributed by atoms with Gasteiger partial charge in [-0.05, 0) is 54.2 Å². The molecule has 92 valence electrons. The van der Waals surface area contributed by atoms with Gasteiger partial charge in [0.1, 0.15) is 4.99 Å². The number of rotatable bonds is 3. The van der Waals surface area contributed by atoms with Crippen molar-refractivity contribution >= 4 is 38.8 Å². The van der Waals surface area contributed by atoms with Crippen LogP contribution in [0.2, 0.25) is 0 Å². The zero-order valence-electron chi connectivity index (χ0n) is 9.52. The molecule has 1 aromatic carbocycles. The lowest BCUT2D eigenvalue weighted by molar-refractivity contribution is 0.305. The van der Waals surface area contributed by atoms with Gasteiger partial charge >= 0.3 is 0 Å². The summed E-state index contributed by atoms with van der Waals surface area (Å²) in [4.78, 5) is 0.192. The highest BCUT2D eigenvalue weighted by molar-refractivity contribution is 9.10. The largest absolute Gasteiger partial charge is 0.389 e. The van der Waals surface area contributed by atoms with E-state index in [0.29, 0.717) is 15.7 Å². The molecule has 0 radical (unpaired) electrons. The van der Waals surface area contributed by atoms with Gasteiger partial charge in [0.2, 0.25) is 0 Å². The van der Waals surface area contributed by atoms with Crippen LogP contribution in [0.3, 0.4) is 0 Å². The van der Waals surface area contributed by atoms with Crippen LogP contribution in [-0.4, -0.2) is 10.5 Å². The molecule has 1 aliphatic rings. The summed E-state index contributed by atoms with van der Waals surface area (Å²) in [5.41, 5.74) is 6.56. The maximum atomic E-state index is 14.1. The van der Waals surface area contributed by atoms with Gasteiger partial charge in [-0.1, -0.05) is 12.2 Å². The molecular weight excluding hydrogens is 303 g/mol. The average Bonchev–Trinajstić information content (AvgIpc) is 2.22. The van der Waals surface area contributed by atoms with Gasteiger partial charge in [0.05, 0.1) is 10.2 Å². The maximum Gasteiger partial charge on any atom is 0.161 e. The van der Waals surface area contributed by atoms with Crippen LogP contribution < -0.4 is 11.1 Å². The number of hydrogen-bond acceptors (Lipinski definition) is 2. The third kappa shape index (κ3) is 2.45. The van der Waals surface area contributed by atoms with Crippen LogP contribution >= 0.6 is 28.1 Å². The first-order valence-electron chi connectivity index (χ1n) is 5.49. The number of nitrogens with two attached hydrogens (primary N) is 1. The molecule has 0 heterocycles. The predicted octanol–water partition coefficient (Wildman–Crippen LogP) is 3.58. The lowest BCUT2D eigenvalue weighted by atomic mass is 9.78. The highest BCUT2D eigenvalue weighted by atomic mass is 79.9. The highest BCUT2D eigenvalue weighted by Gasteiger charge is 2.32. The Morgan fingerprint density at radius 2 is 2.18 bits per heavy atom. The first-order chi connectivity index (χ1) is 7.93. The molecule has 1 fully saturated rings. The van der Waals surface area contributed by atoms with Gasteiger partial charge in [-0.3, -0.25) is 0 Å². The molecule has 0 unspecified atom stereocenters. The summed E-state index contributed by atoms with van der Waals surface area (Å²) in [5.74, 6) is -0.330. The van der Waals surface area contributed by atoms with E-state index in [1.807, 2.05) is 0 Å². The standard InChI is InChI=1S/C12H14BrFN2S/c1-12(5-2-6-12)16-8-4-3-7(11(15)17)9(13)10(8)14/h3-4,16H,2,5-6H2,1H3,(H2,15,17). The fourth-order valence-corrected chi connectivity index (χ4v) is 2.85. The zero-order chi connectivity index (χ0) is 12.6. The molecule has 1 aliphatic carbocycles. The molecule has 0 amide bonds. The Kier molecular flexibility index (Phi) is 3.41. The normalized spacial score (nSPS) is 17.4. The van der Waals surface area contributed by atoms with Crippen LogP contribution in [0.1, 0.15) is 31.7 Å². The molecule has 0 aromatic heterocycles. The minimum absolute atomic E-state index is 0.0189. The predicted molar refractivity (Wildman–Crippen MR) is 75.9 cm³/mol. The van der Waals surface area contributed by atoms with Crippen molar-refractivity contribution in [1.29, 1.82) is 0 Å². The number of nitrogens with one attached hydrogen (secondary N) is 1. The van der Waals surface area contributed by atoms with Crippen molar-refractivity contribution in [3.8, 4) is 0 Å². The highest BCUT2D eigenvalue weighted by Crippen LogP contribution is 2.37. The molecule has 0 spiro atoms. The Labute approximate surface area is 114 Å². The van der Waals surface area contributed by atoms with Crippen LogP contribution in [-0.2, 0) is 0 Å². The van der Waals surface area contributed by atoms with Crippen molar-refractivity contribution in [3.05, 3.63) is 28.0 Å². The van der Waals surface area contributed by atoms with E-state index in [-0.39, 0.29) is 16.3 Å². The summed E-state index contributed by atoms with van der Waals surface area (Å²) in [7, 11) is 0. The monoisotopic (exact) mass is 316 g/mol. The molecule has 0 aliphatic heterocycles. The molecule has 1 saturated carbocycles. The molecule has 0 bridgehead atoms. The van der Waals surface area contributed by atoms with Crippen LogP contribution in [0, 0.1) is 5.82 Å². The van der Waals surface area contributed by atoms with E-state index in [9.17, 15) is 4.39 Å². The summed E-state index contributed by atoms with van der Waals surface area (Å²) >= 11 is 8.05. The van der Waals surface area contributed by atoms with Gasteiger partial charge in [-0.2, -0.15) is 0 Å². The van der Waals surface area contributed by atoms with E-state index in [2.05, 4.69) is 28.2 Å². The fourth-order valence-electron chi connectivity index (χ4n) is 1.99. The second-order valence-electron chi connectivity index (χ2n) is 4.69. The van der Waals surface area contributed by atoms with Crippen LogP contribution in [0.15, 0.2) is 16.6 Å². The minimum Gasteiger partial charge on any atom is -0.389 e. The van der Waals surface area contributed by atoms with Crippen molar-refractivity contribution in [2.24, 2.45) is 5.73 Å².